The van der Waals surface area contributed by atoms with Crippen molar-refractivity contribution in [2.45, 2.75) is 0 Å². The van der Waals surface area contributed by atoms with Crippen molar-refractivity contribution in [3.8, 4) is 0 Å². The maximum absolute atomic E-state index is 11.2. The van der Waals surface area contributed by atoms with Crippen molar-refractivity contribution in [1.29, 1.82) is 0 Å². The predicted molar refractivity (Wildman–Crippen MR) is 68.9 cm³/mol. The third-order valence-electron chi connectivity index (χ3n) is 3.93. The molecule has 2 N–H and O–H groups in total. The molecule has 2 aliphatic rings. The van der Waals surface area contributed by atoms with Crippen molar-refractivity contribution in [3.05, 3.63) is 28.7 Å². The second-order valence-corrected chi connectivity index (χ2v) is 5.08. The maximum atomic E-state index is 11.2. The summed E-state index contributed by atoms with van der Waals surface area (Å²) in [5.74, 6) is 0.516. The fourth-order valence-electron chi connectivity index (χ4n) is 2.98. The third-order valence-corrected chi connectivity index (χ3v) is 3.93. The molecule has 0 saturated carbocycles. The molecule has 0 bridgehead atoms. The third kappa shape index (κ3) is 1.47. The lowest BCUT2D eigenvalue weighted by Gasteiger charge is -2.19. The van der Waals surface area contributed by atoms with E-state index in [0.29, 0.717) is 22.9 Å². The van der Waals surface area contributed by atoms with E-state index in [2.05, 4.69) is 15.2 Å². The number of anilines is 1. The summed E-state index contributed by atoms with van der Waals surface area (Å²) in [6.45, 7) is 2.60. The van der Waals surface area contributed by atoms with Gasteiger partial charge in [-0.15, -0.1) is 0 Å². The lowest BCUT2D eigenvalue weighted by molar-refractivity contribution is 0.533. The summed E-state index contributed by atoms with van der Waals surface area (Å²) < 4.78 is 13.4. The smallest absolute Gasteiger partial charge is 0.408 e. The van der Waals surface area contributed by atoms with Crippen LogP contribution in [-0.4, -0.2) is 31.1 Å². The minimum atomic E-state index is -0.433. The second-order valence-electron chi connectivity index (χ2n) is 5.08. The molecule has 5 heteroatoms. The van der Waals surface area contributed by atoms with Gasteiger partial charge in [-0.25, -0.2) is 4.79 Å². The molecular weight excluding hydrogens is 230 g/mol. The molecule has 2 aliphatic heterocycles. The van der Waals surface area contributed by atoms with Gasteiger partial charge < -0.3 is 14.6 Å². The molecule has 1 unspecified atom stereocenters. The standard InChI is InChI=1S/C13H15N3O2/c17-13-15-11-2-1-10(3-12(11)18-13)16-6-8-4-14-5-9(8)7-16/h1-3,8-9,14H,4-7H2,(H,15,17)/t8-,9+/i6D/t6?,8-,9+/m0/s1. The summed E-state index contributed by atoms with van der Waals surface area (Å²) in [5, 5.41) is 3.35. The van der Waals surface area contributed by atoms with Gasteiger partial charge in [-0.3, -0.25) is 4.98 Å². The van der Waals surface area contributed by atoms with E-state index in [1.165, 1.54) is 0 Å². The Labute approximate surface area is 105 Å². The Hall–Kier alpha value is -1.75. The van der Waals surface area contributed by atoms with Crippen molar-refractivity contribution in [2.75, 3.05) is 31.1 Å². The number of hydrogen-bond donors (Lipinski definition) is 2. The summed E-state index contributed by atoms with van der Waals surface area (Å²) in [7, 11) is 0. The highest BCUT2D eigenvalue weighted by Crippen LogP contribution is 2.31. The number of nitrogens with one attached hydrogen (secondary N) is 2. The molecule has 0 aliphatic carbocycles. The van der Waals surface area contributed by atoms with Gasteiger partial charge in [0.05, 0.1) is 5.52 Å². The highest BCUT2D eigenvalue weighted by molar-refractivity contribution is 5.77. The van der Waals surface area contributed by atoms with Gasteiger partial charge >= 0.3 is 5.76 Å². The van der Waals surface area contributed by atoms with E-state index in [1.807, 2.05) is 18.2 Å². The van der Waals surface area contributed by atoms with Crippen LogP contribution in [0.4, 0.5) is 5.69 Å². The molecule has 0 radical (unpaired) electrons. The molecule has 5 nitrogen and oxygen atoms in total. The Morgan fingerprint density at radius 3 is 3.17 bits per heavy atom. The van der Waals surface area contributed by atoms with Crippen LogP contribution >= 0.6 is 0 Å². The SMILES string of the molecule is [2H]C1[C@@H]2CNC[C@@H]2CN1c1ccc2[nH]c(=O)oc2c1. The van der Waals surface area contributed by atoms with E-state index >= 15 is 0 Å². The molecule has 4 rings (SSSR count). The molecule has 1 aromatic carbocycles. The first-order valence-electron chi connectivity index (χ1n) is 6.82. The lowest BCUT2D eigenvalue weighted by atomic mass is 10.0. The Kier molecular flexibility index (Phi) is 1.85. The van der Waals surface area contributed by atoms with Gasteiger partial charge in [-0.1, -0.05) is 0 Å². The zero-order valence-electron chi connectivity index (χ0n) is 10.8. The summed E-state index contributed by atoms with van der Waals surface area (Å²) in [5.41, 5.74) is 2.23. The first kappa shape index (κ1) is 9.22. The van der Waals surface area contributed by atoms with E-state index in [4.69, 9.17) is 5.79 Å². The molecule has 3 heterocycles. The number of rotatable bonds is 1. The average molecular weight is 246 g/mol. The zero-order chi connectivity index (χ0) is 13.0. The number of fused-ring (bicyclic) bond motifs is 2. The number of benzene rings is 1. The van der Waals surface area contributed by atoms with Crippen LogP contribution in [0.25, 0.3) is 11.1 Å². The Balaban J connectivity index is 1.72. The van der Waals surface area contributed by atoms with Gasteiger partial charge in [0.1, 0.15) is 0 Å². The number of aromatic amines is 1. The van der Waals surface area contributed by atoms with Crippen molar-refractivity contribution < 1.29 is 5.79 Å². The monoisotopic (exact) mass is 246 g/mol. The highest BCUT2D eigenvalue weighted by atomic mass is 16.4. The molecule has 94 valence electrons. The maximum Gasteiger partial charge on any atom is 0.417 e. The Morgan fingerprint density at radius 1 is 1.39 bits per heavy atom. The fourth-order valence-corrected chi connectivity index (χ4v) is 2.98. The molecule has 18 heavy (non-hydrogen) atoms. The molecule has 2 aromatic rings. The van der Waals surface area contributed by atoms with Gasteiger partial charge in [-0.2, -0.15) is 0 Å². The number of oxazole rings is 1. The zero-order valence-corrected chi connectivity index (χ0v) is 9.85. The van der Waals surface area contributed by atoms with Crippen LogP contribution in [0.1, 0.15) is 1.37 Å². The summed E-state index contributed by atoms with van der Waals surface area (Å²) >= 11 is 0. The molecule has 3 atom stereocenters. The lowest BCUT2D eigenvalue weighted by Crippen LogP contribution is -2.25. The Morgan fingerprint density at radius 2 is 2.28 bits per heavy atom. The number of aromatic nitrogens is 1. The van der Waals surface area contributed by atoms with E-state index < -0.39 is 5.76 Å². The van der Waals surface area contributed by atoms with Crippen LogP contribution < -0.4 is 16.0 Å². The van der Waals surface area contributed by atoms with Gasteiger partial charge in [0.25, 0.3) is 0 Å². The van der Waals surface area contributed by atoms with Crippen LogP contribution in [0.3, 0.4) is 0 Å². The summed E-state index contributed by atoms with van der Waals surface area (Å²) in [4.78, 5) is 15.9. The summed E-state index contributed by atoms with van der Waals surface area (Å²) in [6.07, 6.45) is 0. The van der Waals surface area contributed by atoms with Crippen molar-refractivity contribution in [1.82, 2.24) is 10.3 Å². The molecular formula is C13H15N3O2. The van der Waals surface area contributed by atoms with Crippen LogP contribution in [0, 0.1) is 11.8 Å². The molecule has 2 saturated heterocycles. The molecule has 0 amide bonds. The van der Waals surface area contributed by atoms with Crippen molar-refractivity contribution in [3.63, 3.8) is 0 Å². The molecule has 2 fully saturated rings. The van der Waals surface area contributed by atoms with Crippen LogP contribution in [0.15, 0.2) is 27.4 Å². The van der Waals surface area contributed by atoms with E-state index in [9.17, 15) is 4.79 Å². The Bertz CT molecular complexity index is 680. The predicted octanol–water partition coefficient (Wildman–Crippen LogP) is 0.777. The topological polar surface area (TPSA) is 61.3 Å². The molecule has 0 spiro atoms. The first-order valence-corrected chi connectivity index (χ1v) is 6.25. The van der Waals surface area contributed by atoms with E-state index in [0.717, 1.165) is 25.3 Å². The fraction of sp³-hybridized carbons (Fsp3) is 0.462. The summed E-state index contributed by atoms with van der Waals surface area (Å²) in [6, 6.07) is 5.64. The van der Waals surface area contributed by atoms with Gasteiger partial charge in [0.2, 0.25) is 0 Å². The van der Waals surface area contributed by atoms with E-state index in [-0.39, 0.29) is 6.52 Å². The van der Waals surface area contributed by atoms with Crippen LogP contribution in [0.2, 0.25) is 0 Å². The quantitative estimate of drug-likeness (QED) is 0.780. The minimum absolute atomic E-state index is 0.219. The average Bonchev–Trinajstić information content (AvgIpc) is 3.04. The highest BCUT2D eigenvalue weighted by Gasteiger charge is 2.36. The van der Waals surface area contributed by atoms with Gasteiger partial charge in [0, 0.05) is 39.3 Å². The minimum Gasteiger partial charge on any atom is -0.408 e. The number of hydrogen-bond acceptors (Lipinski definition) is 4. The van der Waals surface area contributed by atoms with Crippen LogP contribution in [-0.2, 0) is 0 Å². The number of H-pyrrole nitrogens is 1. The molecule has 1 aromatic heterocycles. The van der Waals surface area contributed by atoms with E-state index in [1.54, 1.807) is 0 Å². The van der Waals surface area contributed by atoms with Crippen molar-refractivity contribution >= 4 is 16.8 Å². The normalized spacial score (nSPS) is 31.9. The first-order chi connectivity index (χ1) is 9.22. The van der Waals surface area contributed by atoms with Crippen LogP contribution in [0.5, 0.6) is 0 Å². The second kappa shape index (κ2) is 3.62. The number of nitrogens with zero attached hydrogens (tertiary/aromatic N) is 1. The largest absolute Gasteiger partial charge is 0.417 e. The van der Waals surface area contributed by atoms with Crippen molar-refractivity contribution in [2.24, 2.45) is 11.8 Å². The van der Waals surface area contributed by atoms with Gasteiger partial charge in [-0.05, 0) is 24.0 Å². The van der Waals surface area contributed by atoms with Gasteiger partial charge in [0.15, 0.2) is 5.58 Å².